The smallest absolute Gasteiger partial charge is 0.389 e. The summed E-state index contributed by atoms with van der Waals surface area (Å²) in [5, 5.41) is 10.1. The summed E-state index contributed by atoms with van der Waals surface area (Å²) in [6.07, 6.45) is -4.38. The highest BCUT2D eigenvalue weighted by atomic mass is 19.4. The lowest BCUT2D eigenvalue weighted by Gasteiger charge is -2.20. The predicted octanol–water partition coefficient (Wildman–Crippen LogP) is 6.43. The number of fused-ring (bicyclic) bond motifs is 1. The van der Waals surface area contributed by atoms with Crippen molar-refractivity contribution in [3.05, 3.63) is 83.6 Å². The lowest BCUT2D eigenvalue weighted by molar-refractivity contribution is -0.134. The number of carbonyl (C=O) groups excluding carboxylic acids is 2. The highest BCUT2D eigenvalue weighted by Crippen LogP contribution is 2.38. The van der Waals surface area contributed by atoms with Crippen molar-refractivity contribution in [2.24, 2.45) is 0 Å². The van der Waals surface area contributed by atoms with Crippen molar-refractivity contribution in [1.82, 2.24) is 30.4 Å². The van der Waals surface area contributed by atoms with Crippen LogP contribution in [0.5, 0.6) is 0 Å². The molecular formula is C32H31F3N6O3. The van der Waals surface area contributed by atoms with E-state index in [4.69, 9.17) is 4.42 Å². The van der Waals surface area contributed by atoms with Gasteiger partial charge >= 0.3 is 6.18 Å². The quantitative estimate of drug-likeness (QED) is 0.221. The van der Waals surface area contributed by atoms with Crippen LogP contribution in [0.3, 0.4) is 0 Å². The molecule has 5 aromatic rings. The van der Waals surface area contributed by atoms with E-state index in [0.29, 0.717) is 33.5 Å². The molecule has 0 atom stereocenters. The lowest BCUT2D eigenvalue weighted by atomic mass is 9.96. The summed E-state index contributed by atoms with van der Waals surface area (Å²) in [4.78, 5) is 34.8. The minimum Gasteiger partial charge on any atom is -0.437 e. The molecule has 0 fully saturated rings. The van der Waals surface area contributed by atoms with E-state index in [2.05, 4.69) is 25.7 Å². The summed E-state index contributed by atoms with van der Waals surface area (Å²) in [7, 11) is 1.48. The van der Waals surface area contributed by atoms with E-state index in [1.54, 1.807) is 72.5 Å². The third kappa shape index (κ3) is 6.64. The molecule has 0 aliphatic carbocycles. The summed E-state index contributed by atoms with van der Waals surface area (Å²) in [6.45, 7) is 7.32. The number of alkyl halides is 3. The standard InChI is InChI=1S/C32H31F3N6O3/c1-18-37-17-41(40-18)22-11-9-19(10-12-22)27-26(29(43)36-5)24-16-23(25(38-30(24)44-27)13-14-32(33,34)35)20-7-6-8-21(15-20)28(42)39-31(2,3)4/h6-12,15-17H,13-14H2,1-5H3,(H,36,43)(H,39,42). The number of rotatable bonds is 7. The normalized spacial score (nSPS) is 12.0. The van der Waals surface area contributed by atoms with Gasteiger partial charge < -0.3 is 15.1 Å². The van der Waals surface area contributed by atoms with Crippen LogP contribution >= 0.6 is 0 Å². The minimum atomic E-state index is -4.42. The van der Waals surface area contributed by atoms with Gasteiger partial charge in [0.25, 0.3) is 11.8 Å². The molecule has 0 saturated carbocycles. The van der Waals surface area contributed by atoms with Crippen molar-refractivity contribution in [3.63, 3.8) is 0 Å². The second kappa shape index (κ2) is 11.6. The maximum atomic E-state index is 13.3. The number of nitrogens with one attached hydrogen (secondary N) is 2. The number of halogens is 3. The SMILES string of the molecule is CNC(=O)c1c(-c2ccc(-n3cnc(C)n3)cc2)oc2nc(CCC(F)(F)F)c(-c3cccc(C(=O)NC(C)(C)C)c3)cc12. The molecule has 2 aromatic carbocycles. The van der Waals surface area contributed by atoms with Gasteiger partial charge in [0.2, 0.25) is 5.71 Å². The van der Waals surface area contributed by atoms with Gasteiger partial charge in [0, 0.05) is 35.7 Å². The van der Waals surface area contributed by atoms with Gasteiger partial charge in [-0.1, -0.05) is 12.1 Å². The van der Waals surface area contributed by atoms with Crippen molar-refractivity contribution in [3.8, 4) is 28.1 Å². The van der Waals surface area contributed by atoms with Crippen LogP contribution in [0.15, 0.2) is 65.3 Å². The third-order valence-electron chi connectivity index (χ3n) is 6.79. The van der Waals surface area contributed by atoms with E-state index >= 15 is 0 Å². The molecule has 2 N–H and O–H groups in total. The Kier molecular flexibility index (Phi) is 8.02. The third-order valence-corrected chi connectivity index (χ3v) is 6.79. The molecule has 3 heterocycles. The number of hydrogen-bond acceptors (Lipinski definition) is 6. The average molecular weight is 605 g/mol. The van der Waals surface area contributed by atoms with Crippen LogP contribution in [-0.2, 0) is 6.42 Å². The van der Waals surface area contributed by atoms with E-state index in [1.807, 2.05) is 20.8 Å². The number of benzene rings is 2. The second-order valence-electron chi connectivity index (χ2n) is 11.4. The van der Waals surface area contributed by atoms with Gasteiger partial charge in [-0.25, -0.2) is 14.6 Å². The molecule has 5 rings (SSSR count). The zero-order valence-corrected chi connectivity index (χ0v) is 24.8. The van der Waals surface area contributed by atoms with Crippen LogP contribution in [0.25, 0.3) is 39.2 Å². The van der Waals surface area contributed by atoms with Gasteiger partial charge in [-0.2, -0.15) is 18.3 Å². The first-order chi connectivity index (χ1) is 20.7. The van der Waals surface area contributed by atoms with Gasteiger partial charge in [-0.3, -0.25) is 9.59 Å². The molecule has 0 saturated heterocycles. The van der Waals surface area contributed by atoms with Crippen LogP contribution in [0.1, 0.15) is 59.4 Å². The fraction of sp³-hybridized carbons (Fsp3) is 0.281. The fourth-order valence-corrected chi connectivity index (χ4v) is 4.79. The van der Waals surface area contributed by atoms with E-state index < -0.39 is 30.5 Å². The highest BCUT2D eigenvalue weighted by molar-refractivity contribution is 6.11. The maximum Gasteiger partial charge on any atom is 0.389 e. The monoisotopic (exact) mass is 604 g/mol. The van der Waals surface area contributed by atoms with Gasteiger partial charge in [0.1, 0.15) is 17.9 Å². The highest BCUT2D eigenvalue weighted by Gasteiger charge is 2.29. The summed E-state index contributed by atoms with van der Waals surface area (Å²) >= 11 is 0. The summed E-state index contributed by atoms with van der Waals surface area (Å²) in [5.41, 5.74) is 2.32. The number of amides is 2. The maximum absolute atomic E-state index is 13.3. The number of aryl methyl sites for hydroxylation is 2. The Morgan fingerprint density at radius 2 is 1.70 bits per heavy atom. The molecule has 0 unspecified atom stereocenters. The van der Waals surface area contributed by atoms with Crippen molar-refractivity contribution in [2.45, 2.75) is 52.3 Å². The molecule has 3 aromatic heterocycles. The Bertz CT molecular complexity index is 1850. The van der Waals surface area contributed by atoms with Crippen LogP contribution in [0.2, 0.25) is 0 Å². The molecule has 0 aliphatic rings. The van der Waals surface area contributed by atoms with Gasteiger partial charge in [-0.15, -0.1) is 0 Å². The summed E-state index contributed by atoms with van der Waals surface area (Å²) in [5.74, 6) is 0.0393. The van der Waals surface area contributed by atoms with Crippen molar-refractivity contribution in [2.75, 3.05) is 7.05 Å². The number of hydrogen-bond donors (Lipinski definition) is 2. The van der Waals surface area contributed by atoms with Gasteiger partial charge in [0.05, 0.1) is 22.3 Å². The summed E-state index contributed by atoms with van der Waals surface area (Å²) < 4.78 is 47.7. The molecule has 0 spiro atoms. The molecular weight excluding hydrogens is 573 g/mol. The first-order valence-corrected chi connectivity index (χ1v) is 13.9. The second-order valence-corrected chi connectivity index (χ2v) is 11.4. The molecule has 0 bridgehead atoms. The number of pyridine rings is 1. The Morgan fingerprint density at radius 3 is 2.32 bits per heavy atom. The molecule has 9 nitrogen and oxygen atoms in total. The topological polar surface area (TPSA) is 115 Å². The van der Waals surface area contributed by atoms with Crippen LogP contribution < -0.4 is 10.6 Å². The first kappa shape index (κ1) is 30.5. The number of nitrogens with zero attached hydrogens (tertiary/aromatic N) is 4. The minimum absolute atomic E-state index is 0.0251. The zero-order chi connectivity index (χ0) is 31.8. The molecule has 12 heteroatoms. The largest absolute Gasteiger partial charge is 0.437 e. The molecule has 44 heavy (non-hydrogen) atoms. The lowest BCUT2D eigenvalue weighted by Crippen LogP contribution is -2.40. The first-order valence-electron chi connectivity index (χ1n) is 13.9. The van der Waals surface area contributed by atoms with Crippen LogP contribution in [0.4, 0.5) is 13.2 Å². The Morgan fingerprint density at radius 1 is 0.977 bits per heavy atom. The molecule has 2 amide bonds. The van der Waals surface area contributed by atoms with Crippen molar-refractivity contribution in [1.29, 1.82) is 0 Å². The van der Waals surface area contributed by atoms with E-state index in [0.717, 1.165) is 5.69 Å². The van der Waals surface area contributed by atoms with E-state index in [1.165, 1.54) is 7.05 Å². The Balaban J connectivity index is 1.66. The predicted molar refractivity (Wildman–Crippen MR) is 160 cm³/mol. The molecule has 0 radical (unpaired) electrons. The average Bonchev–Trinajstić information content (AvgIpc) is 3.57. The van der Waals surface area contributed by atoms with Crippen molar-refractivity contribution >= 4 is 22.9 Å². The Labute approximate surface area is 251 Å². The number of carbonyl (C=O) groups is 2. The van der Waals surface area contributed by atoms with Gasteiger partial charge in [0.15, 0.2) is 0 Å². The number of furan rings is 1. The number of aromatic nitrogens is 4. The van der Waals surface area contributed by atoms with E-state index in [-0.39, 0.29) is 28.6 Å². The van der Waals surface area contributed by atoms with E-state index in [9.17, 15) is 22.8 Å². The van der Waals surface area contributed by atoms with Crippen LogP contribution in [0, 0.1) is 6.92 Å². The summed E-state index contributed by atoms with van der Waals surface area (Å²) in [6, 6.07) is 15.3. The van der Waals surface area contributed by atoms with Crippen molar-refractivity contribution < 1.29 is 27.2 Å². The zero-order valence-electron chi connectivity index (χ0n) is 24.8. The Hall–Kier alpha value is -5.00. The molecule has 228 valence electrons. The van der Waals surface area contributed by atoms with Gasteiger partial charge in [-0.05, 0) is 82.1 Å². The fourth-order valence-electron chi connectivity index (χ4n) is 4.79. The van der Waals surface area contributed by atoms with Crippen LogP contribution in [-0.4, -0.2) is 50.3 Å². The molecule has 0 aliphatic heterocycles.